The standard InChI is InChI=1S/C23H28N4OS/c1-17-10-11-18(2)21-20(17)25-23(29-21)27-15-13-26(14-16-27)22(28)24-12-6-9-19-7-4-3-5-8-19/h3-5,7-8,10-11H,6,9,12-16H2,1-2H3,(H,24,28). The van der Waals surface area contributed by atoms with Gasteiger partial charge in [0.05, 0.1) is 10.2 Å². The van der Waals surface area contributed by atoms with Crippen molar-refractivity contribution >= 4 is 32.7 Å². The van der Waals surface area contributed by atoms with Crippen molar-refractivity contribution in [2.24, 2.45) is 0 Å². The smallest absolute Gasteiger partial charge is 0.317 e. The van der Waals surface area contributed by atoms with Crippen LogP contribution in [0.1, 0.15) is 23.1 Å². The number of thiazole rings is 1. The molecule has 3 aromatic rings. The first-order valence-electron chi connectivity index (χ1n) is 10.3. The number of rotatable bonds is 5. The van der Waals surface area contributed by atoms with Gasteiger partial charge in [0.1, 0.15) is 0 Å². The minimum Gasteiger partial charge on any atom is -0.345 e. The van der Waals surface area contributed by atoms with Crippen molar-refractivity contribution in [1.82, 2.24) is 15.2 Å². The Labute approximate surface area is 176 Å². The van der Waals surface area contributed by atoms with Gasteiger partial charge >= 0.3 is 6.03 Å². The van der Waals surface area contributed by atoms with E-state index in [1.54, 1.807) is 11.3 Å². The highest BCUT2D eigenvalue weighted by Crippen LogP contribution is 2.33. The molecule has 6 heteroatoms. The topological polar surface area (TPSA) is 48.5 Å². The fourth-order valence-corrected chi connectivity index (χ4v) is 4.89. The Morgan fingerprint density at radius 3 is 2.48 bits per heavy atom. The highest BCUT2D eigenvalue weighted by molar-refractivity contribution is 7.22. The summed E-state index contributed by atoms with van der Waals surface area (Å²) < 4.78 is 1.28. The minimum atomic E-state index is 0.0497. The monoisotopic (exact) mass is 408 g/mol. The number of hydrogen-bond acceptors (Lipinski definition) is 4. The molecular weight excluding hydrogens is 380 g/mol. The number of carbonyl (C=O) groups is 1. The number of piperazine rings is 1. The third kappa shape index (κ3) is 4.53. The first kappa shape index (κ1) is 19.7. The first-order chi connectivity index (χ1) is 14.1. The molecule has 1 fully saturated rings. The van der Waals surface area contributed by atoms with E-state index >= 15 is 0 Å². The van der Waals surface area contributed by atoms with Gasteiger partial charge in [0.2, 0.25) is 0 Å². The molecule has 29 heavy (non-hydrogen) atoms. The number of urea groups is 1. The average Bonchev–Trinajstić information content (AvgIpc) is 3.22. The predicted octanol–water partition coefficient (Wildman–Crippen LogP) is 4.38. The summed E-state index contributed by atoms with van der Waals surface area (Å²) in [7, 11) is 0. The van der Waals surface area contributed by atoms with Crippen molar-refractivity contribution in [3.05, 3.63) is 59.2 Å². The van der Waals surface area contributed by atoms with Gasteiger partial charge in [0, 0.05) is 32.7 Å². The Hall–Kier alpha value is -2.60. The molecule has 0 atom stereocenters. The van der Waals surface area contributed by atoms with E-state index < -0.39 is 0 Å². The zero-order valence-corrected chi connectivity index (χ0v) is 18.0. The second-order valence-electron chi connectivity index (χ2n) is 7.67. The first-order valence-corrected chi connectivity index (χ1v) is 11.1. The molecule has 0 saturated carbocycles. The van der Waals surface area contributed by atoms with Crippen molar-refractivity contribution in [3.8, 4) is 0 Å². The van der Waals surface area contributed by atoms with Crippen molar-refractivity contribution < 1.29 is 4.79 Å². The van der Waals surface area contributed by atoms with Crippen LogP contribution in [0.5, 0.6) is 0 Å². The lowest BCUT2D eigenvalue weighted by Gasteiger charge is -2.34. The lowest BCUT2D eigenvalue weighted by atomic mass is 10.1. The number of amides is 2. The third-order valence-electron chi connectivity index (χ3n) is 5.53. The van der Waals surface area contributed by atoms with Crippen molar-refractivity contribution in [2.45, 2.75) is 26.7 Å². The van der Waals surface area contributed by atoms with E-state index in [0.717, 1.165) is 49.7 Å². The van der Waals surface area contributed by atoms with Crippen LogP contribution >= 0.6 is 11.3 Å². The largest absolute Gasteiger partial charge is 0.345 e. The zero-order valence-electron chi connectivity index (χ0n) is 17.1. The Morgan fingerprint density at radius 1 is 1.03 bits per heavy atom. The number of hydrogen-bond donors (Lipinski definition) is 1. The maximum atomic E-state index is 12.5. The molecule has 1 N–H and O–H groups in total. The number of anilines is 1. The Balaban J connectivity index is 1.26. The molecule has 0 aliphatic carbocycles. The van der Waals surface area contributed by atoms with E-state index in [1.807, 2.05) is 11.0 Å². The van der Waals surface area contributed by atoms with Crippen LogP contribution in [-0.2, 0) is 6.42 Å². The van der Waals surface area contributed by atoms with Gasteiger partial charge in [-0.15, -0.1) is 0 Å². The second-order valence-corrected chi connectivity index (χ2v) is 8.65. The van der Waals surface area contributed by atoms with Crippen LogP contribution in [0.3, 0.4) is 0 Å². The molecule has 152 valence electrons. The zero-order chi connectivity index (χ0) is 20.2. The SMILES string of the molecule is Cc1ccc(C)c2sc(N3CCN(C(=O)NCCCc4ccccc4)CC3)nc12. The fraction of sp³-hybridized carbons (Fsp3) is 0.391. The van der Waals surface area contributed by atoms with Crippen LogP contribution in [0.4, 0.5) is 9.93 Å². The Kier molecular flexibility index (Phi) is 6.00. The van der Waals surface area contributed by atoms with E-state index in [4.69, 9.17) is 4.98 Å². The summed E-state index contributed by atoms with van der Waals surface area (Å²) in [5.41, 5.74) is 4.93. The number of carbonyl (C=O) groups excluding carboxylic acids is 1. The Morgan fingerprint density at radius 2 is 1.76 bits per heavy atom. The summed E-state index contributed by atoms with van der Waals surface area (Å²) in [6.45, 7) is 8.10. The highest BCUT2D eigenvalue weighted by atomic mass is 32.1. The molecule has 1 aliphatic rings. The second kappa shape index (κ2) is 8.82. The van der Waals surface area contributed by atoms with Crippen LogP contribution in [-0.4, -0.2) is 48.6 Å². The van der Waals surface area contributed by atoms with Crippen molar-refractivity contribution in [1.29, 1.82) is 0 Å². The molecule has 0 bridgehead atoms. The molecule has 2 aromatic carbocycles. The van der Waals surface area contributed by atoms with Gasteiger partial charge in [-0.05, 0) is 43.4 Å². The molecule has 2 heterocycles. The number of nitrogens with one attached hydrogen (secondary N) is 1. The summed E-state index contributed by atoms with van der Waals surface area (Å²) in [5, 5.41) is 4.14. The predicted molar refractivity (Wildman–Crippen MR) is 121 cm³/mol. The van der Waals surface area contributed by atoms with Crippen molar-refractivity contribution in [2.75, 3.05) is 37.6 Å². The summed E-state index contributed by atoms with van der Waals surface area (Å²) >= 11 is 1.76. The van der Waals surface area contributed by atoms with E-state index in [2.05, 4.69) is 60.5 Å². The van der Waals surface area contributed by atoms with Crippen LogP contribution in [0.25, 0.3) is 10.2 Å². The molecule has 0 spiro atoms. The van der Waals surface area contributed by atoms with E-state index in [1.165, 1.54) is 21.4 Å². The fourth-order valence-electron chi connectivity index (χ4n) is 3.73. The quantitative estimate of drug-likeness (QED) is 0.638. The van der Waals surface area contributed by atoms with Gasteiger partial charge in [-0.3, -0.25) is 0 Å². The number of aromatic nitrogens is 1. The van der Waals surface area contributed by atoms with Gasteiger partial charge in [0.25, 0.3) is 0 Å². The molecule has 1 aliphatic heterocycles. The van der Waals surface area contributed by atoms with Gasteiger partial charge in [-0.1, -0.05) is 53.8 Å². The molecule has 2 amide bonds. The van der Waals surface area contributed by atoms with Gasteiger partial charge in [-0.25, -0.2) is 9.78 Å². The normalized spacial score (nSPS) is 14.4. The van der Waals surface area contributed by atoms with Gasteiger partial charge in [-0.2, -0.15) is 0 Å². The maximum absolute atomic E-state index is 12.5. The lowest BCUT2D eigenvalue weighted by molar-refractivity contribution is 0.194. The third-order valence-corrected chi connectivity index (χ3v) is 6.78. The van der Waals surface area contributed by atoms with Crippen molar-refractivity contribution in [3.63, 3.8) is 0 Å². The molecule has 1 saturated heterocycles. The van der Waals surface area contributed by atoms with E-state index in [-0.39, 0.29) is 6.03 Å². The average molecular weight is 409 g/mol. The molecular formula is C23H28N4OS. The number of aryl methyl sites for hydroxylation is 3. The van der Waals surface area contributed by atoms with Crippen LogP contribution in [0.2, 0.25) is 0 Å². The summed E-state index contributed by atoms with van der Waals surface area (Å²) in [5.74, 6) is 0. The lowest BCUT2D eigenvalue weighted by Crippen LogP contribution is -2.52. The summed E-state index contributed by atoms with van der Waals surface area (Å²) in [6.07, 6.45) is 1.95. The van der Waals surface area contributed by atoms with Gasteiger partial charge < -0.3 is 15.1 Å². The number of nitrogens with zero attached hydrogens (tertiary/aromatic N) is 3. The molecule has 5 nitrogen and oxygen atoms in total. The Bertz CT molecular complexity index is 938. The molecule has 1 aromatic heterocycles. The van der Waals surface area contributed by atoms with Crippen LogP contribution in [0.15, 0.2) is 42.5 Å². The van der Waals surface area contributed by atoms with Crippen LogP contribution < -0.4 is 10.2 Å². The minimum absolute atomic E-state index is 0.0497. The number of fused-ring (bicyclic) bond motifs is 1. The highest BCUT2D eigenvalue weighted by Gasteiger charge is 2.23. The summed E-state index contributed by atoms with van der Waals surface area (Å²) in [6, 6.07) is 14.8. The van der Waals surface area contributed by atoms with Gasteiger partial charge in [0.15, 0.2) is 5.13 Å². The molecule has 0 radical (unpaired) electrons. The molecule has 4 rings (SSSR count). The van der Waals surface area contributed by atoms with Crippen LogP contribution in [0, 0.1) is 13.8 Å². The maximum Gasteiger partial charge on any atom is 0.317 e. The van der Waals surface area contributed by atoms with E-state index in [9.17, 15) is 4.79 Å². The van der Waals surface area contributed by atoms with E-state index in [0.29, 0.717) is 6.54 Å². The molecule has 0 unspecified atom stereocenters. The summed E-state index contributed by atoms with van der Waals surface area (Å²) in [4.78, 5) is 21.6. The number of benzene rings is 2.